The molecule has 5 heteroatoms. The van der Waals surface area contributed by atoms with Crippen molar-refractivity contribution >= 4 is 17.5 Å². The molecular formula is C8H8N4S. The smallest absolute Gasteiger partial charge is 0.161 e. The first-order chi connectivity index (χ1) is 6.36. The fraction of sp³-hybridized carbons (Fsp3) is 0.125. The lowest BCUT2D eigenvalue weighted by Crippen LogP contribution is -1.94. The molecule has 2 heterocycles. The minimum atomic E-state index is 0.522. The van der Waals surface area contributed by atoms with Crippen LogP contribution in [0.4, 0.5) is 5.82 Å². The molecule has 0 bridgehead atoms. The third kappa shape index (κ3) is 1.81. The third-order valence-electron chi connectivity index (χ3n) is 1.68. The monoisotopic (exact) mass is 192 g/mol. The van der Waals surface area contributed by atoms with E-state index in [4.69, 9.17) is 5.73 Å². The summed E-state index contributed by atoms with van der Waals surface area (Å²) in [4.78, 5) is 4.01. The molecule has 0 aliphatic heterocycles. The maximum Gasteiger partial charge on any atom is 0.161 e. The first-order valence-electron chi connectivity index (χ1n) is 3.82. The maximum atomic E-state index is 5.60. The van der Waals surface area contributed by atoms with Crippen molar-refractivity contribution in [2.75, 3.05) is 5.73 Å². The van der Waals surface area contributed by atoms with Crippen LogP contribution in [0, 0.1) is 0 Å². The highest BCUT2D eigenvalue weighted by Crippen LogP contribution is 2.12. The van der Waals surface area contributed by atoms with Crippen molar-refractivity contribution in [1.82, 2.24) is 13.7 Å². The van der Waals surface area contributed by atoms with Crippen molar-refractivity contribution in [2.24, 2.45) is 0 Å². The normalized spacial score (nSPS) is 10.2. The Morgan fingerprint density at radius 1 is 1.38 bits per heavy atom. The van der Waals surface area contributed by atoms with Gasteiger partial charge in [0.2, 0.25) is 0 Å². The summed E-state index contributed by atoms with van der Waals surface area (Å²) < 4.78 is 7.99. The Balaban J connectivity index is 2.20. The number of nitrogen functional groups attached to an aromatic ring is 1. The van der Waals surface area contributed by atoms with Crippen molar-refractivity contribution in [1.29, 1.82) is 0 Å². The highest BCUT2D eigenvalue weighted by molar-refractivity contribution is 6.99. The second-order valence-electron chi connectivity index (χ2n) is 2.63. The lowest BCUT2D eigenvalue weighted by atomic mass is 10.2. The fourth-order valence-electron chi connectivity index (χ4n) is 1.03. The van der Waals surface area contributed by atoms with E-state index < -0.39 is 0 Å². The zero-order valence-corrected chi connectivity index (χ0v) is 7.66. The summed E-state index contributed by atoms with van der Waals surface area (Å²) in [5.74, 6) is 0.522. The van der Waals surface area contributed by atoms with E-state index in [1.807, 2.05) is 12.1 Å². The predicted molar refractivity (Wildman–Crippen MR) is 51.4 cm³/mol. The van der Waals surface area contributed by atoms with E-state index in [-0.39, 0.29) is 0 Å². The molecule has 0 spiro atoms. The molecular weight excluding hydrogens is 184 g/mol. The Morgan fingerprint density at radius 3 is 2.92 bits per heavy atom. The van der Waals surface area contributed by atoms with Crippen LogP contribution < -0.4 is 5.73 Å². The molecule has 0 amide bonds. The van der Waals surface area contributed by atoms with Gasteiger partial charge in [-0.15, -0.1) is 0 Å². The van der Waals surface area contributed by atoms with E-state index in [0.717, 1.165) is 23.0 Å². The molecule has 0 fully saturated rings. The van der Waals surface area contributed by atoms with Crippen LogP contribution in [0.25, 0.3) is 0 Å². The molecule has 0 aromatic carbocycles. The Labute approximate surface area is 79.8 Å². The number of hydrogen-bond donors (Lipinski definition) is 1. The van der Waals surface area contributed by atoms with E-state index in [2.05, 4.69) is 13.7 Å². The lowest BCUT2D eigenvalue weighted by molar-refractivity contribution is 1.10. The fourth-order valence-corrected chi connectivity index (χ4v) is 1.52. The van der Waals surface area contributed by atoms with Crippen LogP contribution >= 0.6 is 11.7 Å². The number of nitrogens with zero attached hydrogens (tertiary/aromatic N) is 3. The molecule has 66 valence electrons. The van der Waals surface area contributed by atoms with Gasteiger partial charge in [0.1, 0.15) is 5.69 Å². The molecule has 2 N–H and O–H groups in total. The molecule has 13 heavy (non-hydrogen) atoms. The topological polar surface area (TPSA) is 64.7 Å². The Hall–Kier alpha value is -1.49. The molecule has 2 aromatic rings. The SMILES string of the molecule is Nc1nsnc1Cc1cccnc1. The predicted octanol–water partition coefficient (Wildman–Crippen LogP) is 1.11. The van der Waals surface area contributed by atoms with Crippen LogP contribution in [0.1, 0.15) is 11.3 Å². The summed E-state index contributed by atoms with van der Waals surface area (Å²) in [5, 5.41) is 0. The summed E-state index contributed by atoms with van der Waals surface area (Å²) in [7, 11) is 0. The first-order valence-corrected chi connectivity index (χ1v) is 4.55. The van der Waals surface area contributed by atoms with Crippen molar-refractivity contribution in [2.45, 2.75) is 6.42 Å². The Bertz CT molecular complexity index is 384. The molecule has 4 nitrogen and oxygen atoms in total. The van der Waals surface area contributed by atoms with Crippen LogP contribution in [0.5, 0.6) is 0 Å². The molecule has 0 atom stereocenters. The summed E-state index contributed by atoms with van der Waals surface area (Å²) in [6.07, 6.45) is 4.25. The van der Waals surface area contributed by atoms with Crippen molar-refractivity contribution in [3.63, 3.8) is 0 Å². The number of nitrogens with two attached hydrogens (primary N) is 1. The Morgan fingerprint density at radius 2 is 2.31 bits per heavy atom. The van der Waals surface area contributed by atoms with E-state index in [1.54, 1.807) is 12.4 Å². The van der Waals surface area contributed by atoms with E-state index in [1.165, 1.54) is 0 Å². The molecule has 0 aliphatic rings. The van der Waals surface area contributed by atoms with E-state index >= 15 is 0 Å². The average molecular weight is 192 g/mol. The molecule has 0 radical (unpaired) electrons. The van der Waals surface area contributed by atoms with Crippen molar-refractivity contribution in [3.05, 3.63) is 35.8 Å². The largest absolute Gasteiger partial charge is 0.381 e. The minimum Gasteiger partial charge on any atom is -0.381 e. The van der Waals surface area contributed by atoms with Crippen LogP contribution in [-0.2, 0) is 6.42 Å². The lowest BCUT2D eigenvalue weighted by Gasteiger charge is -1.96. The number of hydrogen-bond acceptors (Lipinski definition) is 5. The summed E-state index contributed by atoms with van der Waals surface area (Å²) in [5.41, 5.74) is 7.54. The first kappa shape index (κ1) is 8.12. The van der Waals surface area contributed by atoms with Crippen LogP contribution in [0.2, 0.25) is 0 Å². The van der Waals surface area contributed by atoms with Gasteiger partial charge in [-0.25, -0.2) is 0 Å². The number of aromatic nitrogens is 3. The van der Waals surface area contributed by atoms with Gasteiger partial charge >= 0.3 is 0 Å². The van der Waals surface area contributed by atoms with Gasteiger partial charge in [0.25, 0.3) is 0 Å². The van der Waals surface area contributed by atoms with Crippen LogP contribution in [0.15, 0.2) is 24.5 Å². The highest BCUT2D eigenvalue weighted by atomic mass is 32.1. The molecule has 0 saturated carbocycles. The van der Waals surface area contributed by atoms with Crippen LogP contribution in [0.3, 0.4) is 0 Å². The number of anilines is 1. The molecule has 2 aromatic heterocycles. The molecule has 2 rings (SSSR count). The van der Waals surface area contributed by atoms with Gasteiger partial charge in [0, 0.05) is 18.8 Å². The molecule has 0 aliphatic carbocycles. The highest BCUT2D eigenvalue weighted by Gasteiger charge is 2.04. The van der Waals surface area contributed by atoms with Gasteiger partial charge in [0.15, 0.2) is 5.82 Å². The van der Waals surface area contributed by atoms with E-state index in [0.29, 0.717) is 12.2 Å². The van der Waals surface area contributed by atoms with Gasteiger partial charge in [0.05, 0.1) is 11.7 Å². The van der Waals surface area contributed by atoms with Gasteiger partial charge in [-0.1, -0.05) is 6.07 Å². The van der Waals surface area contributed by atoms with Crippen molar-refractivity contribution < 1.29 is 0 Å². The zero-order valence-electron chi connectivity index (χ0n) is 6.84. The summed E-state index contributed by atoms with van der Waals surface area (Å²) >= 11 is 1.14. The van der Waals surface area contributed by atoms with Gasteiger partial charge in [-0.05, 0) is 11.6 Å². The summed E-state index contributed by atoms with van der Waals surface area (Å²) in [6, 6.07) is 3.89. The number of rotatable bonds is 2. The van der Waals surface area contributed by atoms with Gasteiger partial charge in [-0.2, -0.15) is 8.75 Å². The zero-order chi connectivity index (χ0) is 9.10. The number of pyridine rings is 1. The third-order valence-corrected chi connectivity index (χ3v) is 2.26. The average Bonchev–Trinajstić information content (AvgIpc) is 2.54. The molecule has 0 unspecified atom stereocenters. The second kappa shape index (κ2) is 3.49. The minimum absolute atomic E-state index is 0.522. The van der Waals surface area contributed by atoms with Gasteiger partial charge < -0.3 is 5.73 Å². The summed E-state index contributed by atoms with van der Waals surface area (Å²) in [6.45, 7) is 0. The van der Waals surface area contributed by atoms with Crippen molar-refractivity contribution in [3.8, 4) is 0 Å². The quantitative estimate of drug-likeness (QED) is 0.774. The Kier molecular flexibility index (Phi) is 2.18. The second-order valence-corrected chi connectivity index (χ2v) is 3.16. The maximum absolute atomic E-state index is 5.60. The molecule has 0 saturated heterocycles. The van der Waals surface area contributed by atoms with Gasteiger partial charge in [-0.3, -0.25) is 4.98 Å². The van der Waals surface area contributed by atoms with E-state index in [9.17, 15) is 0 Å². The standard InChI is InChI=1S/C8H8N4S/c9-8-7(11-13-12-8)4-6-2-1-3-10-5-6/h1-3,5H,4H2,(H2,9,12). The van der Waals surface area contributed by atoms with Crippen LogP contribution in [-0.4, -0.2) is 13.7 Å².